The van der Waals surface area contributed by atoms with Crippen LogP contribution in [-0.2, 0) is 9.59 Å². The Balaban J connectivity index is 1.14. The smallest absolute Gasteiger partial charge is 0.230 e. The van der Waals surface area contributed by atoms with Gasteiger partial charge in [-0.05, 0) is 96.3 Å². The lowest BCUT2D eigenvalue weighted by molar-refractivity contribution is -0.122. The molecule has 11 nitrogen and oxygen atoms in total. The molecule has 53 heavy (non-hydrogen) atoms. The zero-order valence-corrected chi connectivity index (χ0v) is 33.0. The van der Waals surface area contributed by atoms with Crippen molar-refractivity contribution in [2.45, 2.75) is 25.7 Å². The molecule has 4 aromatic rings. The Morgan fingerprint density at radius 3 is 2.15 bits per heavy atom. The molecule has 14 heteroatoms. The number of aromatic nitrogens is 2. The second-order valence-electron chi connectivity index (χ2n) is 14.5. The fraction of sp³-hybridized carbons (Fsp3) is 0.487. The number of hydrogen-bond acceptors (Lipinski definition) is 11. The predicted octanol–water partition coefficient (Wildman–Crippen LogP) is 6.17. The van der Waals surface area contributed by atoms with Crippen LogP contribution in [0.1, 0.15) is 25.7 Å². The van der Waals surface area contributed by atoms with Crippen LogP contribution in [0.3, 0.4) is 0 Å². The molecule has 4 heterocycles. The summed E-state index contributed by atoms with van der Waals surface area (Å²) in [6.45, 7) is 7.29. The average Bonchev–Trinajstić information content (AvgIpc) is 3.83. The van der Waals surface area contributed by atoms with Crippen LogP contribution in [0.4, 0.5) is 14.7 Å². The average molecular weight is 763 g/mol. The van der Waals surface area contributed by atoms with Gasteiger partial charge in [0, 0.05) is 56.4 Å². The summed E-state index contributed by atoms with van der Waals surface area (Å²) >= 11 is 2.69. The number of benzene rings is 2. The molecule has 2 unspecified atom stereocenters. The lowest BCUT2D eigenvalue weighted by Crippen LogP contribution is -2.43. The van der Waals surface area contributed by atoms with E-state index in [-0.39, 0.29) is 23.7 Å². The van der Waals surface area contributed by atoms with E-state index in [4.69, 9.17) is 4.74 Å². The number of ether oxygens (including phenoxy) is 1. The zero-order valence-electron chi connectivity index (χ0n) is 31.4. The van der Waals surface area contributed by atoms with Gasteiger partial charge in [-0.3, -0.25) is 9.59 Å². The first-order chi connectivity index (χ1) is 25.6. The van der Waals surface area contributed by atoms with Crippen LogP contribution in [0, 0.1) is 17.7 Å². The fourth-order valence-corrected chi connectivity index (χ4v) is 8.52. The van der Waals surface area contributed by atoms with Gasteiger partial charge >= 0.3 is 0 Å². The maximum absolute atomic E-state index is 16.5. The van der Waals surface area contributed by atoms with Crippen LogP contribution >= 0.6 is 22.7 Å². The minimum atomic E-state index is -0.460. The van der Waals surface area contributed by atoms with Crippen LogP contribution in [0.5, 0.6) is 5.75 Å². The molecule has 0 saturated carbocycles. The van der Waals surface area contributed by atoms with Gasteiger partial charge in [-0.1, -0.05) is 29.5 Å². The number of hydrogen-bond donors (Lipinski definition) is 2. The number of methoxy groups -OCH3 is 1. The molecular weight excluding hydrogens is 712 g/mol. The number of anilines is 2. The standard InChI is InChI=1S/C39H51FN8O3S2/c1-45(2)17-19-47-15-7-11-28(23-47)36(49)43-38-41-22-33(53-38)26-9-6-10-27(21-26)34-32(51-5)14-13-30(35(34)40)31-25-52-39(42-31)44-37(50)29-12-8-16-48(24-29)20-18-46(3)4/h6,9-10,13-14,21-22,25,28-29H,7-8,11-12,15-20,23-24H2,1-5H3,(H,41,43,49)(H,42,44,50). The van der Waals surface area contributed by atoms with Crippen LogP contribution in [0.2, 0.25) is 0 Å². The quantitative estimate of drug-likeness (QED) is 0.156. The van der Waals surface area contributed by atoms with Gasteiger partial charge in [0.05, 0.1) is 35.1 Å². The number of likely N-dealkylation sites (N-methyl/N-ethyl adjacent to an activating group) is 2. The molecule has 284 valence electrons. The predicted molar refractivity (Wildman–Crippen MR) is 213 cm³/mol. The molecule has 6 rings (SSSR count). The van der Waals surface area contributed by atoms with E-state index in [2.05, 4.69) is 68.4 Å². The van der Waals surface area contributed by atoms with Gasteiger partial charge in [-0.25, -0.2) is 14.4 Å². The number of piperidine rings is 2. The monoisotopic (exact) mass is 762 g/mol. The van der Waals surface area contributed by atoms with Crippen molar-refractivity contribution in [2.24, 2.45) is 11.8 Å². The van der Waals surface area contributed by atoms with Crippen molar-refractivity contribution in [3.8, 4) is 38.6 Å². The number of rotatable bonds is 14. The summed E-state index contributed by atoms with van der Waals surface area (Å²) in [6.07, 6.45) is 5.43. The number of halogens is 1. The van der Waals surface area contributed by atoms with Crippen molar-refractivity contribution >= 4 is 44.8 Å². The highest BCUT2D eigenvalue weighted by Gasteiger charge is 2.28. The highest BCUT2D eigenvalue weighted by atomic mass is 32.1. The second kappa shape index (κ2) is 18.0. The highest BCUT2D eigenvalue weighted by molar-refractivity contribution is 7.19. The molecule has 2 atom stereocenters. The lowest BCUT2D eigenvalue weighted by atomic mass is 9.97. The minimum Gasteiger partial charge on any atom is -0.496 e. The summed E-state index contributed by atoms with van der Waals surface area (Å²) in [5.74, 6) is -0.295. The summed E-state index contributed by atoms with van der Waals surface area (Å²) in [7, 11) is 9.76. The Morgan fingerprint density at radius 2 is 1.53 bits per heavy atom. The normalized spacial score (nSPS) is 18.4. The number of nitrogens with zero attached hydrogens (tertiary/aromatic N) is 6. The highest BCUT2D eigenvalue weighted by Crippen LogP contribution is 2.41. The number of nitrogens with one attached hydrogen (secondary N) is 2. The van der Waals surface area contributed by atoms with Gasteiger partial charge < -0.3 is 35.0 Å². The van der Waals surface area contributed by atoms with Crippen molar-refractivity contribution in [3.63, 3.8) is 0 Å². The van der Waals surface area contributed by atoms with Gasteiger partial charge in [0.25, 0.3) is 0 Å². The van der Waals surface area contributed by atoms with E-state index in [1.165, 1.54) is 29.8 Å². The molecule has 2 aromatic carbocycles. The Labute approximate surface area is 320 Å². The third-order valence-electron chi connectivity index (χ3n) is 9.98. The number of thiazole rings is 2. The number of likely N-dealkylation sites (tertiary alicyclic amines) is 2. The minimum absolute atomic E-state index is 0.00108. The van der Waals surface area contributed by atoms with Gasteiger partial charge in [0.15, 0.2) is 10.3 Å². The van der Waals surface area contributed by atoms with Gasteiger partial charge in [0.1, 0.15) is 11.6 Å². The molecular formula is C39H51FN8O3S2. The van der Waals surface area contributed by atoms with Crippen molar-refractivity contribution in [1.82, 2.24) is 29.6 Å². The summed E-state index contributed by atoms with van der Waals surface area (Å²) in [4.78, 5) is 45.4. The maximum Gasteiger partial charge on any atom is 0.230 e. The van der Waals surface area contributed by atoms with E-state index < -0.39 is 5.82 Å². The molecule has 2 aromatic heterocycles. The first-order valence-electron chi connectivity index (χ1n) is 18.3. The number of amides is 2. The van der Waals surface area contributed by atoms with E-state index in [1.54, 1.807) is 23.7 Å². The molecule has 2 saturated heterocycles. The lowest BCUT2D eigenvalue weighted by Gasteiger charge is -2.32. The Kier molecular flexibility index (Phi) is 13.2. The molecule has 0 spiro atoms. The fourth-order valence-electron chi connectivity index (χ4n) is 6.99. The number of carbonyl (C=O) groups excluding carboxylic acids is 2. The van der Waals surface area contributed by atoms with E-state index in [9.17, 15) is 9.59 Å². The van der Waals surface area contributed by atoms with E-state index in [0.717, 1.165) is 88.5 Å². The number of carbonyl (C=O) groups is 2. The van der Waals surface area contributed by atoms with Crippen LogP contribution in [-0.4, -0.2) is 129 Å². The van der Waals surface area contributed by atoms with E-state index in [1.807, 2.05) is 24.3 Å². The SMILES string of the molecule is COc1ccc(-c2csc(NC(=O)C3CCCN(CCN(C)C)C3)n2)c(F)c1-c1cccc(-c2cnc(NC(=O)C3CCCN(CCN(C)C)C3)s2)c1. The summed E-state index contributed by atoms with van der Waals surface area (Å²) in [6, 6.07) is 11.0. The molecule has 2 aliphatic rings. The van der Waals surface area contributed by atoms with Crippen LogP contribution in [0.15, 0.2) is 48.0 Å². The Morgan fingerprint density at radius 1 is 0.906 bits per heavy atom. The third-order valence-corrected chi connectivity index (χ3v) is 11.7. The van der Waals surface area contributed by atoms with Gasteiger partial charge in [-0.15, -0.1) is 11.3 Å². The molecule has 0 bridgehead atoms. The summed E-state index contributed by atoms with van der Waals surface area (Å²) in [5.41, 5.74) is 2.57. The van der Waals surface area contributed by atoms with Gasteiger partial charge in [-0.2, -0.15) is 0 Å². The van der Waals surface area contributed by atoms with Crippen LogP contribution in [0.25, 0.3) is 32.8 Å². The molecule has 2 amide bonds. The Hall–Kier alpha value is -3.79. The molecule has 0 aliphatic carbocycles. The van der Waals surface area contributed by atoms with Crippen molar-refractivity contribution in [2.75, 3.05) is 98.3 Å². The van der Waals surface area contributed by atoms with E-state index >= 15 is 4.39 Å². The molecule has 0 radical (unpaired) electrons. The Bertz CT molecular complexity index is 1860. The summed E-state index contributed by atoms with van der Waals surface area (Å²) in [5, 5.41) is 8.80. The largest absolute Gasteiger partial charge is 0.496 e. The zero-order chi connectivity index (χ0) is 37.5. The maximum atomic E-state index is 16.5. The van der Waals surface area contributed by atoms with Crippen molar-refractivity contribution in [1.29, 1.82) is 0 Å². The first kappa shape index (κ1) is 38.9. The third kappa shape index (κ3) is 10.0. The summed E-state index contributed by atoms with van der Waals surface area (Å²) < 4.78 is 22.2. The van der Waals surface area contributed by atoms with Crippen molar-refractivity contribution < 1.29 is 18.7 Å². The van der Waals surface area contributed by atoms with Gasteiger partial charge in [0.2, 0.25) is 11.8 Å². The van der Waals surface area contributed by atoms with Crippen LogP contribution < -0.4 is 15.4 Å². The van der Waals surface area contributed by atoms with Crippen molar-refractivity contribution in [3.05, 3.63) is 53.8 Å². The first-order valence-corrected chi connectivity index (χ1v) is 20.0. The molecule has 2 fully saturated rings. The second-order valence-corrected chi connectivity index (χ2v) is 16.4. The topological polar surface area (TPSA) is 106 Å². The molecule has 2 N–H and O–H groups in total. The van der Waals surface area contributed by atoms with E-state index in [0.29, 0.717) is 38.4 Å². The molecule has 2 aliphatic heterocycles.